The molecular formula is C13H17N3O. The molecule has 1 aromatic carbocycles. The zero-order valence-corrected chi connectivity index (χ0v) is 10.6. The van der Waals surface area contributed by atoms with E-state index < -0.39 is 0 Å². The fraction of sp³-hybridized carbons (Fsp3) is 0.308. The summed E-state index contributed by atoms with van der Waals surface area (Å²) in [6.07, 6.45) is 0. The minimum atomic E-state index is 0.642. The van der Waals surface area contributed by atoms with Gasteiger partial charge < -0.3 is 15.0 Å². The van der Waals surface area contributed by atoms with Crippen LogP contribution >= 0.6 is 0 Å². The van der Waals surface area contributed by atoms with Crippen molar-refractivity contribution in [2.24, 2.45) is 0 Å². The molecule has 1 aromatic heterocycles. The summed E-state index contributed by atoms with van der Waals surface area (Å²) >= 11 is 0. The maximum absolute atomic E-state index is 5.81. The number of imidazole rings is 1. The molecule has 2 N–H and O–H groups in total. The lowest BCUT2D eigenvalue weighted by Gasteiger charge is -2.11. The van der Waals surface area contributed by atoms with Gasteiger partial charge in [-0.25, -0.2) is 4.98 Å². The fourth-order valence-electron chi connectivity index (χ4n) is 2.00. The molecule has 90 valence electrons. The Labute approximate surface area is 101 Å². The van der Waals surface area contributed by atoms with E-state index in [4.69, 9.17) is 10.5 Å². The van der Waals surface area contributed by atoms with Crippen LogP contribution < -0.4 is 10.5 Å². The summed E-state index contributed by atoms with van der Waals surface area (Å²) < 4.78 is 7.33. The van der Waals surface area contributed by atoms with Gasteiger partial charge in [-0.15, -0.1) is 0 Å². The molecule has 0 aliphatic carbocycles. The van der Waals surface area contributed by atoms with Crippen molar-refractivity contribution in [1.82, 2.24) is 9.55 Å². The number of rotatable bonds is 2. The number of nitrogen functional groups attached to an aromatic ring is 1. The van der Waals surface area contributed by atoms with Gasteiger partial charge in [0.05, 0.1) is 24.2 Å². The van der Waals surface area contributed by atoms with Gasteiger partial charge in [0.2, 0.25) is 0 Å². The van der Waals surface area contributed by atoms with Gasteiger partial charge in [-0.2, -0.15) is 0 Å². The van der Waals surface area contributed by atoms with E-state index in [-0.39, 0.29) is 0 Å². The first-order valence-electron chi connectivity index (χ1n) is 5.51. The van der Waals surface area contributed by atoms with Crippen molar-refractivity contribution < 1.29 is 4.74 Å². The number of anilines is 1. The third-order valence-electron chi connectivity index (χ3n) is 2.99. The molecule has 4 heteroatoms. The number of methoxy groups -OCH3 is 1. The average molecular weight is 231 g/mol. The number of nitrogens with zero attached hydrogens (tertiary/aromatic N) is 2. The SMILES string of the molecule is COc1cc(-n2c(C)nc(C)c2C)ccc1N. The number of hydrogen-bond donors (Lipinski definition) is 1. The highest BCUT2D eigenvalue weighted by Crippen LogP contribution is 2.26. The van der Waals surface area contributed by atoms with Crippen LogP contribution in [0.5, 0.6) is 5.75 Å². The molecule has 0 radical (unpaired) electrons. The molecule has 0 unspecified atom stereocenters. The van der Waals surface area contributed by atoms with Crippen molar-refractivity contribution in [1.29, 1.82) is 0 Å². The molecular weight excluding hydrogens is 214 g/mol. The molecule has 2 aromatic rings. The van der Waals surface area contributed by atoms with Gasteiger partial charge in [0.1, 0.15) is 11.6 Å². The van der Waals surface area contributed by atoms with E-state index in [1.807, 2.05) is 32.0 Å². The molecule has 0 fully saturated rings. The minimum Gasteiger partial charge on any atom is -0.495 e. The molecule has 1 heterocycles. The average Bonchev–Trinajstić information content (AvgIpc) is 2.55. The molecule has 0 amide bonds. The Kier molecular flexibility index (Phi) is 2.79. The number of hydrogen-bond acceptors (Lipinski definition) is 3. The van der Waals surface area contributed by atoms with Gasteiger partial charge in [-0.05, 0) is 32.9 Å². The van der Waals surface area contributed by atoms with Crippen molar-refractivity contribution in [2.45, 2.75) is 20.8 Å². The Morgan fingerprint density at radius 3 is 2.47 bits per heavy atom. The van der Waals surface area contributed by atoms with Crippen LogP contribution in [0.15, 0.2) is 18.2 Å². The van der Waals surface area contributed by atoms with Crippen molar-refractivity contribution in [3.05, 3.63) is 35.4 Å². The first-order chi connectivity index (χ1) is 8.04. The summed E-state index contributed by atoms with van der Waals surface area (Å²) in [5.74, 6) is 1.65. The van der Waals surface area contributed by atoms with Gasteiger partial charge in [0, 0.05) is 11.8 Å². The first-order valence-corrected chi connectivity index (χ1v) is 5.51. The molecule has 0 aliphatic rings. The summed E-state index contributed by atoms with van der Waals surface area (Å²) in [6, 6.07) is 5.75. The van der Waals surface area contributed by atoms with E-state index in [0.29, 0.717) is 11.4 Å². The molecule has 4 nitrogen and oxygen atoms in total. The number of nitrogens with two attached hydrogens (primary N) is 1. The van der Waals surface area contributed by atoms with Crippen LogP contribution in [0, 0.1) is 20.8 Å². The van der Waals surface area contributed by atoms with Crippen LogP contribution in [0.25, 0.3) is 5.69 Å². The maximum Gasteiger partial charge on any atom is 0.143 e. The van der Waals surface area contributed by atoms with Crippen LogP contribution in [-0.4, -0.2) is 16.7 Å². The Balaban J connectivity index is 2.60. The molecule has 0 aliphatic heterocycles. The quantitative estimate of drug-likeness (QED) is 0.807. The van der Waals surface area contributed by atoms with E-state index in [0.717, 1.165) is 22.9 Å². The Morgan fingerprint density at radius 1 is 1.24 bits per heavy atom. The largest absolute Gasteiger partial charge is 0.495 e. The van der Waals surface area contributed by atoms with Gasteiger partial charge in [-0.3, -0.25) is 0 Å². The first kappa shape index (κ1) is 11.5. The van der Waals surface area contributed by atoms with Crippen molar-refractivity contribution >= 4 is 5.69 Å². The zero-order valence-electron chi connectivity index (χ0n) is 10.6. The highest BCUT2D eigenvalue weighted by atomic mass is 16.5. The second-order valence-electron chi connectivity index (χ2n) is 4.09. The maximum atomic E-state index is 5.81. The topological polar surface area (TPSA) is 53.1 Å². The van der Waals surface area contributed by atoms with Gasteiger partial charge >= 0.3 is 0 Å². The number of ether oxygens (including phenoxy) is 1. The minimum absolute atomic E-state index is 0.642. The van der Waals surface area contributed by atoms with E-state index in [9.17, 15) is 0 Å². The third kappa shape index (κ3) is 1.86. The lowest BCUT2D eigenvalue weighted by atomic mass is 10.2. The summed E-state index contributed by atoms with van der Waals surface area (Å²) in [5.41, 5.74) is 9.65. The molecule has 17 heavy (non-hydrogen) atoms. The van der Waals surface area contributed by atoms with E-state index >= 15 is 0 Å². The van der Waals surface area contributed by atoms with Crippen molar-refractivity contribution in [3.8, 4) is 11.4 Å². The number of benzene rings is 1. The van der Waals surface area contributed by atoms with Gasteiger partial charge in [0.25, 0.3) is 0 Å². The van der Waals surface area contributed by atoms with Crippen molar-refractivity contribution in [3.63, 3.8) is 0 Å². The summed E-state index contributed by atoms with van der Waals surface area (Å²) in [6.45, 7) is 6.05. The molecule has 0 spiro atoms. The van der Waals surface area contributed by atoms with Crippen LogP contribution in [0.2, 0.25) is 0 Å². The van der Waals surface area contributed by atoms with Crippen LogP contribution in [0.1, 0.15) is 17.2 Å². The lowest BCUT2D eigenvalue weighted by Crippen LogP contribution is -2.01. The Bertz CT molecular complexity index is 558. The lowest BCUT2D eigenvalue weighted by molar-refractivity contribution is 0.417. The zero-order chi connectivity index (χ0) is 12.6. The fourth-order valence-corrected chi connectivity index (χ4v) is 2.00. The van der Waals surface area contributed by atoms with Gasteiger partial charge in [-0.1, -0.05) is 0 Å². The van der Waals surface area contributed by atoms with Crippen molar-refractivity contribution in [2.75, 3.05) is 12.8 Å². The number of aryl methyl sites for hydroxylation is 2. The normalized spacial score (nSPS) is 10.6. The standard InChI is InChI=1S/C13H17N3O/c1-8-9(2)16(10(3)15-8)11-5-6-12(14)13(7-11)17-4/h5-7H,14H2,1-4H3. The summed E-state index contributed by atoms with van der Waals surface area (Å²) in [5, 5.41) is 0. The highest BCUT2D eigenvalue weighted by molar-refractivity contribution is 5.58. The monoisotopic (exact) mass is 231 g/mol. The van der Waals surface area contributed by atoms with E-state index in [1.54, 1.807) is 7.11 Å². The van der Waals surface area contributed by atoms with Gasteiger partial charge in [0.15, 0.2) is 0 Å². The molecule has 0 saturated carbocycles. The Morgan fingerprint density at radius 2 is 1.94 bits per heavy atom. The number of aromatic nitrogens is 2. The van der Waals surface area contributed by atoms with E-state index in [2.05, 4.69) is 16.5 Å². The highest BCUT2D eigenvalue weighted by Gasteiger charge is 2.10. The second kappa shape index (κ2) is 4.13. The van der Waals surface area contributed by atoms with E-state index in [1.165, 1.54) is 0 Å². The third-order valence-corrected chi connectivity index (χ3v) is 2.99. The summed E-state index contributed by atoms with van der Waals surface area (Å²) in [7, 11) is 1.62. The van der Waals surface area contributed by atoms with Crippen LogP contribution in [0.3, 0.4) is 0 Å². The molecule has 0 atom stereocenters. The Hall–Kier alpha value is -1.97. The van der Waals surface area contributed by atoms with Crippen LogP contribution in [-0.2, 0) is 0 Å². The smallest absolute Gasteiger partial charge is 0.143 e. The predicted molar refractivity (Wildman–Crippen MR) is 68.7 cm³/mol. The molecule has 2 rings (SSSR count). The summed E-state index contributed by atoms with van der Waals surface area (Å²) in [4.78, 5) is 4.46. The molecule has 0 bridgehead atoms. The second-order valence-corrected chi connectivity index (χ2v) is 4.09. The van der Waals surface area contributed by atoms with Crippen LogP contribution in [0.4, 0.5) is 5.69 Å². The molecule has 0 saturated heterocycles. The predicted octanol–water partition coefficient (Wildman–Crippen LogP) is 2.39.